The van der Waals surface area contributed by atoms with Gasteiger partial charge in [0.2, 0.25) is 20.0 Å². The van der Waals surface area contributed by atoms with E-state index >= 15 is 0 Å². The molecule has 0 aromatic heterocycles. The van der Waals surface area contributed by atoms with Crippen molar-refractivity contribution >= 4 is 20.0 Å². The fraction of sp³-hybridized carbons (Fsp3) is 0.538. The molecule has 1 aromatic rings. The molecule has 0 unspecified atom stereocenters. The number of nitrogens with zero attached hydrogens (tertiary/aromatic N) is 1. The van der Waals surface area contributed by atoms with Crippen LogP contribution in [-0.4, -0.2) is 47.0 Å². The molecule has 0 bridgehead atoms. The summed E-state index contributed by atoms with van der Waals surface area (Å²) in [6.07, 6.45) is 2.09. The van der Waals surface area contributed by atoms with Crippen molar-refractivity contribution in [3.05, 3.63) is 29.8 Å². The SMILES string of the molecule is CS(=O)(=O)N1CCC(CNS(=O)(=O)c2c(F)cccc2F)CC1. The van der Waals surface area contributed by atoms with Gasteiger partial charge < -0.3 is 0 Å². The van der Waals surface area contributed by atoms with Crippen LogP contribution in [0.5, 0.6) is 0 Å². The Kier molecular flexibility index (Phi) is 5.39. The lowest BCUT2D eigenvalue weighted by molar-refractivity contribution is 0.275. The number of rotatable bonds is 5. The number of nitrogens with one attached hydrogen (secondary N) is 1. The highest BCUT2D eigenvalue weighted by molar-refractivity contribution is 7.89. The molecule has 0 spiro atoms. The predicted molar refractivity (Wildman–Crippen MR) is 80.7 cm³/mol. The van der Waals surface area contributed by atoms with Crippen molar-refractivity contribution in [1.29, 1.82) is 0 Å². The van der Waals surface area contributed by atoms with Crippen LogP contribution in [0.4, 0.5) is 8.78 Å². The maximum Gasteiger partial charge on any atom is 0.246 e. The van der Waals surface area contributed by atoms with Crippen LogP contribution >= 0.6 is 0 Å². The van der Waals surface area contributed by atoms with Crippen LogP contribution < -0.4 is 4.72 Å². The molecule has 0 amide bonds. The molecule has 0 radical (unpaired) electrons. The first kappa shape index (κ1) is 18.2. The van der Waals surface area contributed by atoms with E-state index in [1.165, 1.54) is 4.31 Å². The van der Waals surface area contributed by atoms with Crippen molar-refractivity contribution in [3.8, 4) is 0 Å². The van der Waals surface area contributed by atoms with Crippen molar-refractivity contribution < 1.29 is 25.6 Å². The molecule has 0 aliphatic carbocycles. The molecule has 1 saturated heterocycles. The number of sulfonamides is 2. The summed E-state index contributed by atoms with van der Waals surface area (Å²) >= 11 is 0. The minimum Gasteiger partial charge on any atom is -0.213 e. The summed E-state index contributed by atoms with van der Waals surface area (Å²) in [7, 11) is -7.55. The van der Waals surface area contributed by atoms with E-state index in [-0.39, 0.29) is 12.5 Å². The van der Waals surface area contributed by atoms with E-state index < -0.39 is 36.6 Å². The van der Waals surface area contributed by atoms with Crippen molar-refractivity contribution in [2.24, 2.45) is 5.92 Å². The van der Waals surface area contributed by atoms with Gasteiger partial charge in [0.25, 0.3) is 0 Å². The standard InChI is InChI=1S/C13H18F2N2O4S2/c1-22(18,19)17-7-5-10(6-8-17)9-16-23(20,21)13-11(14)3-2-4-12(13)15/h2-4,10,16H,5-9H2,1H3. The lowest BCUT2D eigenvalue weighted by atomic mass is 9.99. The van der Waals surface area contributed by atoms with Crippen LogP contribution in [0.2, 0.25) is 0 Å². The number of hydrogen-bond donors (Lipinski definition) is 1. The van der Waals surface area contributed by atoms with Gasteiger partial charge in [-0.25, -0.2) is 34.6 Å². The Morgan fingerprint density at radius 1 is 1.13 bits per heavy atom. The van der Waals surface area contributed by atoms with Crippen LogP contribution in [0, 0.1) is 17.6 Å². The van der Waals surface area contributed by atoms with Gasteiger partial charge in [0.05, 0.1) is 6.26 Å². The molecule has 130 valence electrons. The van der Waals surface area contributed by atoms with Crippen molar-refractivity contribution in [2.45, 2.75) is 17.7 Å². The van der Waals surface area contributed by atoms with Gasteiger partial charge in [-0.1, -0.05) is 6.07 Å². The monoisotopic (exact) mass is 368 g/mol. The molecule has 1 heterocycles. The molecule has 1 N–H and O–H groups in total. The van der Waals surface area contributed by atoms with Gasteiger partial charge in [-0.2, -0.15) is 0 Å². The molecular formula is C13H18F2N2O4S2. The quantitative estimate of drug-likeness (QED) is 0.838. The maximum absolute atomic E-state index is 13.6. The summed E-state index contributed by atoms with van der Waals surface area (Å²) in [5, 5.41) is 0. The second-order valence-corrected chi connectivity index (χ2v) is 9.19. The molecule has 1 aliphatic rings. The smallest absolute Gasteiger partial charge is 0.213 e. The van der Waals surface area contributed by atoms with Crippen LogP contribution in [0.15, 0.2) is 23.1 Å². The van der Waals surface area contributed by atoms with E-state index in [0.29, 0.717) is 25.9 Å². The van der Waals surface area contributed by atoms with E-state index in [1.54, 1.807) is 0 Å². The Labute approximate surface area is 134 Å². The molecule has 10 heteroatoms. The first-order valence-electron chi connectivity index (χ1n) is 7.00. The third-order valence-corrected chi connectivity index (χ3v) is 6.57. The van der Waals surface area contributed by atoms with E-state index in [2.05, 4.69) is 4.72 Å². The minimum atomic E-state index is -4.29. The topological polar surface area (TPSA) is 83.6 Å². The van der Waals surface area contributed by atoms with E-state index in [1.807, 2.05) is 0 Å². The lowest BCUT2D eigenvalue weighted by Gasteiger charge is -2.30. The van der Waals surface area contributed by atoms with Gasteiger partial charge in [0, 0.05) is 19.6 Å². The van der Waals surface area contributed by atoms with E-state index in [0.717, 1.165) is 24.5 Å². The normalized spacial score (nSPS) is 18.2. The zero-order chi connectivity index (χ0) is 17.3. The first-order chi connectivity index (χ1) is 10.6. The second kappa shape index (κ2) is 6.80. The molecule has 2 rings (SSSR count). The summed E-state index contributed by atoms with van der Waals surface area (Å²) in [5.41, 5.74) is 0. The van der Waals surface area contributed by atoms with Crippen molar-refractivity contribution in [1.82, 2.24) is 9.03 Å². The Morgan fingerprint density at radius 2 is 1.65 bits per heavy atom. The van der Waals surface area contributed by atoms with E-state index in [4.69, 9.17) is 0 Å². The van der Waals surface area contributed by atoms with Crippen LogP contribution in [0.25, 0.3) is 0 Å². The average Bonchev–Trinajstić information content (AvgIpc) is 2.44. The molecule has 6 nitrogen and oxygen atoms in total. The van der Waals surface area contributed by atoms with Crippen LogP contribution in [0.1, 0.15) is 12.8 Å². The van der Waals surface area contributed by atoms with Gasteiger partial charge in [-0.15, -0.1) is 0 Å². The fourth-order valence-electron chi connectivity index (χ4n) is 2.48. The molecule has 0 saturated carbocycles. The van der Waals surface area contributed by atoms with E-state index in [9.17, 15) is 25.6 Å². The highest BCUT2D eigenvalue weighted by atomic mass is 32.2. The van der Waals surface area contributed by atoms with Gasteiger partial charge >= 0.3 is 0 Å². The largest absolute Gasteiger partial charge is 0.246 e. The average molecular weight is 368 g/mol. The Hall–Kier alpha value is -1.10. The summed E-state index contributed by atoms with van der Waals surface area (Å²) in [6.45, 7) is 0.617. The first-order valence-corrected chi connectivity index (χ1v) is 10.3. The lowest BCUT2D eigenvalue weighted by Crippen LogP contribution is -2.41. The number of piperidine rings is 1. The van der Waals surface area contributed by atoms with Crippen LogP contribution in [0.3, 0.4) is 0 Å². The van der Waals surface area contributed by atoms with Crippen molar-refractivity contribution in [3.63, 3.8) is 0 Å². The maximum atomic E-state index is 13.6. The second-order valence-electron chi connectivity index (χ2n) is 5.51. The summed E-state index contributed by atoms with van der Waals surface area (Å²) in [4.78, 5) is -0.992. The summed E-state index contributed by atoms with van der Waals surface area (Å²) in [6, 6.07) is 2.84. The Morgan fingerprint density at radius 3 is 2.13 bits per heavy atom. The predicted octanol–water partition coefficient (Wildman–Crippen LogP) is 0.915. The molecule has 1 fully saturated rings. The number of halogens is 2. The van der Waals surface area contributed by atoms with Gasteiger partial charge in [-0.3, -0.25) is 0 Å². The molecule has 1 aromatic carbocycles. The highest BCUT2D eigenvalue weighted by Gasteiger charge is 2.28. The molecule has 23 heavy (non-hydrogen) atoms. The Bertz CT molecular complexity index is 753. The molecular weight excluding hydrogens is 350 g/mol. The van der Waals surface area contributed by atoms with Crippen molar-refractivity contribution in [2.75, 3.05) is 25.9 Å². The Balaban J connectivity index is 1.99. The number of benzene rings is 1. The fourth-order valence-corrected chi connectivity index (χ4v) is 4.61. The zero-order valence-corrected chi connectivity index (χ0v) is 14.1. The molecule has 0 atom stereocenters. The third kappa shape index (κ3) is 4.46. The summed E-state index contributed by atoms with van der Waals surface area (Å²) in [5.74, 6) is -2.38. The number of hydrogen-bond acceptors (Lipinski definition) is 4. The zero-order valence-electron chi connectivity index (χ0n) is 12.5. The van der Waals surface area contributed by atoms with Gasteiger partial charge in [0.1, 0.15) is 11.6 Å². The van der Waals surface area contributed by atoms with Crippen LogP contribution in [-0.2, 0) is 20.0 Å². The minimum absolute atomic E-state index is 0.00765. The molecule has 1 aliphatic heterocycles. The summed E-state index contributed by atoms with van der Waals surface area (Å²) < 4.78 is 77.5. The van der Waals surface area contributed by atoms with Gasteiger partial charge in [0.15, 0.2) is 4.90 Å². The van der Waals surface area contributed by atoms with Gasteiger partial charge in [-0.05, 0) is 30.9 Å². The highest BCUT2D eigenvalue weighted by Crippen LogP contribution is 2.21. The third-order valence-electron chi connectivity index (χ3n) is 3.79.